The van der Waals surface area contributed by atoms with E-state index >= 15 is 0 Å². The smallest absolute Gasteiger partial charge is 0.333 e. The van der Waals surface area contributed by atoms with Crippen LogP contribution in [-0.4, -0.2) is 83.1 Å². The zero-order valence-corrected chi connectivity index (χ0v) is 41.3. The molecule has 13 nitrogen and oxygen atoms in total. The third-order valence-electron chi connectivity index (χ3n) is 13.5. The molecule has 0 aromatic heterocycles. The normalized spacial score (nSPS) is 18.1. The fraction of sp³-hybridized carbons (Fsp3) is 0.600. The number of ether oxygens (including phenoxy) is 7. The van der Waals surface area contributed by atoms with Crippen LogP contribution in [0.15, 0.2) is 66.8 Å². The number of carbonyl (C=O) groups is 6. The minimum Gasteiger partial charge on any atom is -0.492 e. The molecule has 2 aliphatic rings. The number of carbonyl (C=O) groups excluding carboxylic acids is 6. The highest BCUT2D eigenvalue weighted by molar-refractivity contribution is 5.91. The number of aryl methyl sites for hydroxylation is 1. The number of hydrogen-bond acceptors (Lipinski definition) is 13. The first kappa shape index (κ1) is 55.1. The first-order chi connectivity index (χ1) is 32.6. The minimum absolute atomic E-state index is 0.0849. The summed E-state index contributed by atoms with van der Waals surface area (Å²) in [6, 6.07) is 14.5. The molecule has 0 aliphatic heterocycles. The standard InChI is InChI=1S/C55H76O13/c1-8-9-10-12-40-14-16-41(17-15-40)18-19-42-20-22-43(23-21-42)44-24-26-45(27-25-44)46-28-29-48(47(31-46)13-11-30-64-53(60)38(2)3)65-34-55(37-68-54(61)39(4)5,35-66-51(58)32-49(56)62-6)36-67-52(59)33-50(57)63-7/h24-29,31,40-43H,2,4,8-23,30,32-37H2,1,3,5-7H3. The molecule has 0 atom stereocenters. The maximum absolute atomic E-state index is 12.7. The van der Waals surface area contributed by atoms with E-state index in [-0.39, 0.29) is 24.4 Å². The maximum atomic E-state index is 12.7. The van der Waals surface area contributed by atoms with Gasteiger partial charge in [0.25, 0.3) is 0 Å². The highest BCUT2D eigenvalue weighted by Gasteiger charge is 2.38. The zero-order chi connectivity index (χ0) is 49.5. The molecule has 0 bridgehead atoms. The molecule has 0 amide bonds. The van der Waals surface area contributed by atoms with Crippen LogP contribution in [0.5, 0.6) is 5.75 Å². The van der Waals surface area contributed by atoms with Gasteiger partial charge < -0.3 is 33.2 Å². The summed E-state index contributed by atoms with van der Waals surface area (Å²) in [5, 5.41) is 0. The predicted molar refractivity (Wildman–Crippen MR) is 258 cm³/mol. The van der Waals surface area contributed by atoms with Gasteiger partial charge >= 0.3 is 35.8 Å². The van der Waals surface area contributed by atoms with Crippen molar-refractivity contribution in [3.63, 3.8) is 0 Å². The van der Waals surface area contributed by atoms with Crippen molar-refractivity contribution in [3.05, 3.63) is 77.9 Å². The largest absolute Gasteiger partial charge is 0.492 e. The van der Waals surface area contributed by atoms with Gasteiger partial charge in [-0.2, -0.15) is 0 Å². The molecule has 2 fully saturated rings. The summed E-state index contributed by atoms with van der Waals surface area (Å²) in [6.07, 6.45) is 18.5. The summed E-state index contributed by atoms with van der Waals surface area (Å²) in [7, 11) is 2.25. The Morgan fingerprint density at radius 1 is 0.574 bits per heavy atom. The lowest BCUT2D eigenvalue weighted by atomic mass is 9.74. The van der Waals surface area contributed by atoms with Crippen molar-refractivity contribution in [2.45, 2.75) is 142 Å². The van der Waals surface area contributed by atoms with Gasteiger partial charge in [-0.25, -0.2) is 9.59 Å². The maximum Gasteiger partial charge on any atom is 0.333 e. The van der Waals surface area contributed by atoms with Gasteiger partial charge in [-0.05, 0) is 110 Å². The van der Waals surface area contributed by atoms with Gasteiger partial charge in [-0.15, -0.1) is 0 Å². The molecule has 68 heavy (non-hydrogen) atoms. The van der Waals surface area contributed by atoms with Gasteiger partial charge in [0.15, 0.2) is 0 Å². The molecule has 0 radical (unpaired) electrons. The first-order valence-electron chi connectivity index (χ1n) is 24.6. The number of hydrogen-bond donors (Lipinski definition) is 0. The Morgan fingerprint density at radius 3 is 1.60 bits per heavy atom. The second-order valence-corrected chi connectivity index (χ2v) is 19.1. The van der Waals surface area contributed by atoms with Crippen LogP contribution in [0.25, 0.3) is 11.1 Å². The molecule has 13 heteroatoms. The fourth-order valence-electron chi connectivity index (χ4n) is 9.11. The molecule has 0 spiro atoms. The molecule has 0 unspecified atom stereocenters. The van der Waals surface area contributed by atoms with Crippen LogP contribution in [0, 0.1) is 23.2 Å². The summed E-state index contributed by atoms with van der Waals surface area (Å²) in [5.74, 6) is -1.15. The Kier molecular flexibility index (Phi) is 23.3. The van der Waals surface area contributed by atoms with Gasteiger partial charge in [-0.1, -0.05) is 115 Å². The molecule has 2 aliphatic carbocycles. The van der Waals surface area contributed by atoms with Crippen molar-refractivity contribution in [3.8, 4) is 16.9 Å². The second kappa shape index (κ2) is 28.8. The first-order valence-corrected chi connectivity index (χ1v) is 24.6. The summed E-state index contributed by atoms with van der Waals surface area (Å²) >= 11 is 0. The number of unbranched alkanes of at least 4 members (excludes halogenated alkanes) is 2. The van der Waals surface area contributed by atoms with Gasteiger partial charge in [0.2, 0.25) is 0 Å². The molecule has 374 valence electrons. The average molecular weight is 945 g/mol. The Labute approximate surface area is 404 Å². The van der Waals surface area contributed by atoms with Gasteiger partial charge in [0.1, 0.15) is 50.4 Å². The van der Waals surface area contributed by atoms with E-state index in [1.165, 1.54) is 102 Å². The van der Waals surface area contributed by atoms with Crippen molar-refractivity contribution in [2.75, 3.05) is 47.3 Å². The second-order valence-electron chi connectivity index (χ2n) is 19.1. The number of esters is 6. The molecule has 2 aromatic carbocycles. The minimum atomic E-state index is -1.54. The van der Waals surface area contributed by atoms with E-state index in [0.29, 0.717) is 24.5 Å². The van der Waals surface area contributed by atoms with Gasteiger partial charge in [0.05, 0.1) is 20.8 Å². The summed E-state index contributed by atoms with van der Waals surface area (Å²) in [4.78, 5) is 74.0. The summed E-state index contributed by atoms with van der Waals surface area (Å²) in [6.45, 7) is 10.9. The quantitative estimate of drug-likeness (QED) is 0.0260. The molecular formula is C55H76O13. The third kappa shape index (κ3) is 18.9. The van der Waals surface area contributed by atoms with Crippen LogP contribution in [0.3, 0.4) is 0 Å². The van der Waals surface area contributed by atoms with Crippen molar-refractivity contribution in [1.82, 2.24) is 0 Å². The van der Waals surface area contributed by atoms with E-state index in [4.69, 9.17) is 23.7 Å². The highest BCUT2D eigenvalue weighted by Crippen LogP contribution is 2.41. The molecule has 0 saturated heterocycles. The van der Waals surface area contributed by atoms with Crippen molar-refractivity contribution >= 4 is 35.8 Å². The van der Waals surface area contributed by atoms with E-state index in [0.717, 1.165) is 48.7 Å². The van der Waals surface area contributed by atoms with Crippen LogP contribution in [0.4, 0.5) is 0 Å². The predicted octanol–water partition coefficient (Wildman–Crippen LogP) is 10.5. The molecule has 4 rings (SSSR count). The Balaban J connectivity index is 1.49. The molecular weight excluding hydrogens is 869 g/mol. The van der Waals surface area contributed by atoms with Crippen molar-refractivity contribution in [1.29, 1.82) is 0 Å². The third-order valence-corrected chi connectivity index (χ3v) is 13.5. The SMILES string of the molecule is C=C(C)C(=O)OCCCc1cc(-c2ccc(C3CCC(CCC4CCC(CCCCC)CC4)CC3)cc2)ccc1OCC(COC(=O)CC(=O)OC)(COC(=O)CC(=O)OC)COC(=O)C(=C)C. The molecule has 0 heterocycles. The topological polar surface area (TPSA) is 167 Å². The lowest BCUT2D eigenvalue weighted by molar-refractivity contribution is -0.165. The van der Waals surface area contributed by atoms with E-state index < -0.39 is 73.9 Å². The summed E-state index contributed by atoms with van der Waals surface area (Å²) < 4.78 is 37.5. The highest BCUT2D eigenvalue weighted by atomic mass is 16.6. The van der Waals surface area contributed by atoms with Crippen LogP contribution in [-0.2, 0) is 63.6 Å². The monoisotopic (exact) mass is 945 g/mol. The Hall–Kier alpha value is -5.46. The van der Waals surface area contributed by atoms with E-state index in [1.807, 2.05) is 12.1 Å². The lowest BCUT2D eigenvalue weighted by Gasteiger charge is -2.32. The fourth-order valence-corrected chi connectivity index (χ4v) is 9.11. The zero-order valence-electron chi connectivity index (χ0n) is 41.3. The number of rotatable bonds is 28. The molecule has 2 aromatic rings. The van der Waals surface area contributed by atoms with Crippen LogP contribution in [0.1, 0.15) is 147 Å². The van der Waals surface area contributed by atoms with E-state index in [1.54, 1.807) is 13.0 Å². The van der Waals surface area contributed by atoms with Gasteiger partial charge in [-0.3, -0.25) is 19.2 Å². The number of methoxy groups -OCH3 is 2. The van der Waals surface area contributed by atoms with Crippen LogP contribution < -0.4 is 4.74 Å². The molecule has 2 saturated carbocycles. The van der Waals surface area contributed by atoms with Crippen molar-refractivity contribution in [2.24, 2.45) is 23.2 Å². The lowest BCUT2D eigenvalue weighted by Crippen LogP contribution is -2.44. The van der Waals surface area contributed by atoms with Crippen molar-refractivity contribution < 1.29 is 61.9 Å². The summed E-state index contributed by atoms with van der Waals surface area (Å²) in [5.41, 5.74) is 2.90. The van der Waals surface area contributed by atoms with Crippen LogP contribution >= 0.6 is 0 Å². The van der Waals surface area contributed by atoms with Gasteiger partial charge in [0, 0.05) is 11.1 Å². The Bertz CT molecular complexity index is 1950. The average Bonchev–Trinajstić information content (AvgIpc) is 3.34. The van der Waals surface area contributed by atoms with Crippen LogP contribution in [0.2, 0.25) is 0 Å². The van der Waals surface area contributed by atoms with E-state index in [2.05, 4.69) is 53.8 Å². The van der Waals surface area contributed by atoms with E-state index in [9.17, 15) is 28.8 Å². The Morgan fingerprint density at radius 2 is 1.07 bits per heavy atom. The molecule has 0 N–H and O–H groups in total. The number of benzene rings is 2.